The summed E-state index contributed by atoms with van der Waals surface area (Å²) in [5.41, 5.74) is 12.6. The maximum absolute atomic E-state index is 11.9. The molecular formula is C13H17N3O. The molecule has 4 heteroatoms. The van der Waals surface area contributed by atoms with Crippen molar-refractivity contribution < 1.29 is 4.79 Å². The van der Waals surface area contributed by atoms with Crippen LogP contribution in [0.3, 0.4) is 0 Å². The summed E-state index contributed by atoms with van der Waals surface area (Å²) in [6.45, 7) is 1.97. The third kappa shape index (κ3) is 3.42. The van der Waals surface area contributed by atoms with Gasteiger partial charge in [-0.25, -0.2) is 0 Å². The first-order valence-electron chi connectivity index (χ1n) is 5.47. The number of carbonyl (C=O) groups is 1. The molecule has 0 aliphatic carbocycles. The fourth-order valence-corrected chi connectivity index (χ4v) is 1.49. The van der Waals surface area contributed by atoms with Gasteiger partial charge in [-0.05, 0) is 24.6 Å². The van der Waals surface area contributed by atoms with E-state index in [9.17, 15) is 4.79 Å². The highest BCUT2D eigenvalue weighted by molar-refractivity contribution is 5.99. The van der Waals surface area contributed by atoms with Crippen LogP contribution in [0.15, 0.2) is 18.2 Å². The van der Waals surface area contributed by atoms with Crippen LogP contribution in [0.5, 0.6) is 0 Å². The predicted molar refractivity (Wildman–Crippen MR) is 70.3 cm³/mol. The van der Waals surface area contributed by atoms with Crippen molar-refractivity contribution in [3.05, 3.63) is 23.8 Å². The normalized spacial score (nSPS) is 11.5. The minimum atomic E-state index is -0.218. The number of terminal acetylenes is 1. The largest absolute Gasteiger partial charge is 0.399 e. The molecule has 0 bridgehead atoms. The molecule has 0 aliphatic rings. The molecule has 0 aliphatic heterocycles. The maximum atomic E-state index is 11.9. The summed E-state index contributed by atoms with van der Waals surface area (Å²) in [7, 11) is 0. The average Bonchev–Trinajstić information content (AvgIpc) is 2.28. The van der Waals surface area contributed by atoms with Crippen molar-refractivity contribution in [3.63, 3.8) is 0 Å². The van der Waals surface area contributed by atoms with E-state index in [0.717, 1.165) is 6.42 Å². The first-order chi connectivity index (χ1) is 8.08. The van der Waals surface area contributed by atoms with Crippen LogP contribution in [0.1, 0.15) is 30.1 Å². The van der Waals surface area contributed by atoms with Gasteiger partial charge in [0.2, 0.25) is 0 Å². The van der Waals surface area contributed by atoms with Crippen LogP contribution in [0.4, 0.5) is 11.4 Å². The Morgan fingerprint density at radius 2 is 2.24 bits per heavy atom. The van der Waals surface area contributed by atoms with Gasteiger partial charge in [-0.1, -0.05) is 6.92 Å². The van der Waals surface area contributed by atoms with E-state index in [0.29, 0.717) is 23.4 Å². The zero-order valence-electron chi connectivity index (χ0n) is 9.86. The average molecular weight is 231 g/mol. The summed E-state index contributed by atoms with van der Waals surface area (Å²) < 4.78 is 0. The van der Waals surface area contributed by atoms with Gasteiger partial charge in [0.05, 0.1) is 5.56 Å². The quantitative estimate of drug-likeness (QED) is 0.541. The molecule has 1 unspecified atom stereocenters. The topological polar surface area (TPSA) is 81.1 Å². The number of hydrogen-bond acceptors (Lipinski definition) is 3. The highest BCUT2D eigenvalue weighted by Crippen LogP contribution is 2.15. The lowest BCUT2D eigenvalue weighted by Crippen LogP contribution is -2.34. The van der Waals surface area contributed by atoms with Gasteiger partial charge in [-0.15, -0.1) is 12.3 Å². The van der Waals surface area contributed by atoms with Gasteiger partial charge in [-0.2, -0.15) is 0 Å². The third-order valence-corrected chi connectivity index (χ3v) is 2.51. The first-order valence-corrected chi connectivity index (χ1v) is 5.47. The molecule has 0 saturated heterocycles. The third-order valence-electron chi connectivity index (χ3n) is 2.51. The second-order valence-corrected chi connectivity index (χ2v) is 3.83. The number of nitrogens with two attached hydrogens (primary N) is 2. The summed E-state index contributed by atoms with van der Waals surface area (Å²) in [6.07, 6.45) is 6.52. The zero-order valence-corrected chi connectivity index (χ0v) is 9.86. The molecule has 1 aromatic carbocycles. The van der Waals surface area contributed by atoms with Crippen molar-refractivity contribution in [1.82, 2.24) is 5.32 Å². The standard InChI is InChI=1S/C13H17N3O/c1-3-5-10(4-2)16-13(17)11-7-6-9(14)8-12(11)15/h1,6-8,10H,4-5,14-15H2,2H3,(H,16,17). The van der Waals surface area contributed by atoms with Crippen LogP contribution in [-0.4, -0.2) is 11.9 Å². The second kappa shape index (κ2) is 5.80. The van der Waals surface area contributed by atoms with Crippen LogP contribution in [0.2, 0.25) is 0 Å². The van der Waals surface area contributed by atoms with Crippen LogP contribution >= 0.6 is 0 Å². The molecule has 17 heavy (non-hydrogen) atoms. The van der Waals surface area contributed by atoms with Crippen molar-refractivity contribution in [1.29, 1.82) is 0 Å². The zero-order chi connectivity index (χ0) is 12.8. The van der Waals surface area contributed by atoms with Crippen molar-refractivity contribution in [2.45, 2.75) is 25.8 Å². The minimum Gasteiger partial charge on any atom is -0.399 e. The Morgan fingerprint density at radius 1 is 1.53 bits per heavy atom. The van der Waals surface area contributed by atoms with Gasteiger partial charge in [0.15, 0.2) is 0 Å². The molecule has 0 aromatic heterocycles. The highest BCUT2D eigenvalue weighted by Gasteiger charge is 2.13. The Kier molecular flexibility index (Phi) is 4.41. The van der Waals surface area contributed by atoms with Crippen LogP contribution in [-0.2, 0) is 0 Å². The number of nitrogens with one attached hydrogen (secondary N) is 1. The van der Waals surface area contributed by atoms with E-state index < -0.39 is 0 Å². The van der Waals surface area contributed by atoms with Gasteiger partial charge < -0.3 is 16.8 Å². The molecule has 1 amide bonds. The monoisotopic (exact) mass is 231 g/mol. The second-order valence-electron chi connectivity index (χ2n) is 3.83. The molecule has 0 radical (unpaired) electrons. The Labute approximate surface area is 101 Å². The maximum Gasteiger partial charge on any atom is 0.253 e. The van der Waals surface area contributed by atoms with Gasteiger partial charge in [0.25, 0.3) is 5.91 Å². The number of carbonyl (C=O) groups excluding carboxylic acids is 1. The summed E-state index contributed by atoms with van der Waals surface area (Å²) in [5, 5.41) is 2.84. The lowest BCUT2D eigenvalue weighted by atomic mass is 10.1. The summed E-state index contributed by atoms with van der Waals surface area (Å²) in [6, 6.07) is 4.80. The fourth-order valence-electron chi connectivity index (χ4n) is 1.49. The lowest BCUT2D eigenvalue weighted by Gasteiger charge is -2.15. The number of benzene rings is 1. The van der Waals surface area contributed by atoms with E-state index in [-0.39, 0.29) is 11.9 Å². The molecule has 90 valence electrons. The smallest absolute Gasteiger partial charge is 0.253 e. The number of rotatable bonds is 4. The van der Waals surface area contributed by atoms with Gasteiger partial charge in [0, 0.05) is 23.8 Å². The van der Waals surface area contributed by atoms with E-state index in [1.165, 1.54) is 0 Å². The number of hydrogen-bond donors (Lipinski definition) is 3. The van der Waals surface area contributed by atoms with Crippen molar-refractivity contribution in [3.8, 4) is 12.3 Å². The molecule has 0 heterocycles. The molecule has 4 nitrogen and oxygen atoms in total. The Hall–Kier alpha value is -2.15. The van der Waals surface area contributed by atoms with Crippen molar-refractivity contribution in [2.24, 2.45) is 0 Å². The van der Waals surface area contributed by atoms with E-state index >= 15 is 0 Å². The van der Waals surface area contributed by atoms with Gasteiger partial charge in [0.1, 0.15) is 0 Å². The number of nitrogen functional groups attached to an aromatic ring is 2. The van der Waals surface area contributed by atoms with Crippen molar-refractivity contribution in [2.75, 3.05) is 11.5 Å². The van der Waals surface area contributed by atoms with Crippen LogP contribution in [0.25, 0.3) is 0 Å². The summed E-state index contributed by atoms with van der Waals surface area (Å²) >= 11 is 0. The summed E-state index contributed by atoms with van der Waals surface area (Å²) in [4.78, 5) is 11.9. The predicted octanol–water partition coefficient (Wildman–Crippen LogP) is 1.38. The summed E-state index contributed by atoms with van der Waals surface area (Å²) in [5.74, 6) is 2.32. The number of amides is 1. The first kappa shape index (κ1) is 12.9. The molecule has 0 spiro atoms. The van der Waals surface area contributed by atoms with Crippen LogP contribution in [0, 0.1) is 12.3 Å². The molecule has 0 fully saturated rings. The lowest BCUT2D eigenvalue weighted by molar-refractivity contribution is 0.0937. The van der Waals surface area contributed by atoms with E-state index in [2.05, 4.69) is 11.2 Å². The Bertz CT molecular complexity index is 448. The van der Waals surface area contributed by atoms with Gasteiger partial charge in [-0.3, -0.25) is 4.79 Å². The minimum absolute atomic E-state index is 0.0237. The molecule has 1 aromatic rings. The van der Waals surface area contributed by atoms with E-state index in [1.807, 2.05) is 6.92 Å². The SMILES string of the molecule is C#CCC(CC)NC(=O)c1ccc(N)cc1N. The Morgan fingerprint density at radius 3 is 2.76 bits per heavy atom. The van der Waals surface area contributed by atoms with Gasteiger partial charge >= 0.3 is 0 Å². The molecule has 0 saturated carbocycles. The molecule has 5 N–H and O–H groups in total. The molecule has 1 rings (SSSR count). The van der Waals surface area contributed by atoms with Crippen molar-refractivity contribution >= 4 is 17.3 Å². The van der Waals surface area contributed by atoms with E-state index in [1.54, 1.807) is 18.2 Å². The molecular weight excluding hydrogens is 214 g/mol. The van der Waals surface area contributed by atoms with E-state index in [4.69, 9.17) is 17.9 Å². The molecule has 1 atom stereocenters. The fraction of sp³-hybridized carbons (Fsp3) is 0.308. The highest BCUT2D eigenvalue weighted by atomic mass is 16.1. The van der Waals surface area contributed by atoms with Crippen LogP contribution < -0.4 is 16.8 Å². The Balaban J connectivity index is 2.79. The number of anilines is 2.